The van der Waals surface area contributed by atoms with Gasteiger partial charge >= 0.3 is 6.09 Å². The van der Waals surface area contributed by atoms with E-state index in [2.05, 4.69) is 10.6 Å². The highest BCUT2D eigenvalue weighted by Gasteiger charge is 2.67. The zero-order valence-electron chi connectivity index (χ0n) is 21.4. The Kier molecular flexibility index (Phi) is 8.56. The number of rotatable bonds is 6. The SMILES string of the molecule is CC(C)(C)N(C(=O)O)c1ccc(NC(=O)c2cc(NC(=O)[C@@H]3[C@@H](c4cc(Cl)cc(Cl)c4)C3(Cl)Cl)ccc2Cl)cc1. The number of hydrogen-bond acceptors (Lipinski definition) is 3. The highest BCUT2D eigenvalue weighted by atomic mass is 35.5. The summed E-state index contributed by atoms with van der Waals surface area (Å²) in [6.45, 7) is 5.34. The van der Waals surface area contributed by atoms with E-state index in [1.54, 1.807) is 69.3 Å². The summed E-state index contributed by atoms with van der Waals surface area (Å²) in [7, 11) is 0. The van der Waals surface area contributed by atoms with E-state index in [0.29, 0.717) is 32.7 Å². The summed E-state index contributed by atoms with van der Waals surface area (Å²) < 4.78 is -1.36. The molecule has 7 nitrogen and oxygen atoms in total. The zero-order valence-corrected chi connectivity index (χ0v) is 25.2. The van der Waals surface area contributed by atoms with Crippen molar-refractivity contribution in [3.63, 3.8) is 0 Å². The standard InChI is InChI=1S/C28H24Cl5N3O4/c1-27(2,3)36(26(39)40)19-7-4-17(5-8-19)34-24(37)20-13-18(6-9-21(20)31)35-25(38)23-22(28(23,32)33)14-10-15(29)12-16(30)11-14/h4-13,22-23H,1-3H3,(H,34,37)(H,35,38)(H,39,40)/t22-,23+/m1/s1. The lowest BCUT2D eigenvalue weighted by molar-refractivity contribution is -0.117. The van der Waals surface area contributed by atoms with E-state index in [1.165, 1.54) is 17.0 Å². The molecule has 40 heavy (non-hydrogen) atoms. The van der Waals surface area contributed by atoms with Crippen LogP contribution in [-0.4, -0.2) is 32.9 Å². The molecule has 1 aliphatic rings. The van der Waals surface area contributed by atoms with Gasteiger partial charge in [0.15, 0.2) is 0 Å². The Bertz CT molecular complexity index is 1470. The first kappa shape index (κ1) is 30.3. The van der Waals surface area contributed by atoms with Crippen LogP contribution in [-0.2, 0) is 4.79 Å². The van der Waals surface area contributed by atoms with Gasteiger partial charge < -0.3 is 15.7 Å². The van der Waals surface area contributed by atoms with Crippen LogP contribution in [0.3, 0.4) is 0 Å². The Morgan fingerprint density at radius 1 is 0.850 bits per heavy atom. The molecule has 0 radical (unpaired) electrons. The summed E-state index contributed by atoms with van der Waals surface area (Å²) in [6, 6.07) is 15.7. The van der Waals surface area contributed by atoms with Gasteiger partial charge in [-0.05, 0) is 87.0 Å². The predicted molar refractivity (Wildman–Crippen MR) is 162 cm³/mol. The molecule has 3 aromatic rings. The Labute approximate surface area is 256 Å². The lowest BCUT2D eigenvalue weighted by atomic mass is 10.1. The van der Waals surface area contributed by atoms with Crippen LogP contribution in [0.4, 0.5) is 21.9 Å². The highest BCUT2D eigenvalue weighted by molar-refractivity contribution is 6.53. The van der Waals surface area contributed by atoms with Gasteiger partial charge in [-0.25, -0.2) is 4.79 Å². The summed E-state index contributed by atoms with van der Waals surface area (Å²) in [4.78, 5) is 39.1. The Balaban J connectivity index is 1.47. The van der Waals surface area contributed by atoms with Gasteiger partial charge in [0, 0.05) is 38.6 Å². The van der Waals surface area contributed by atoms with Crippen LogP contribution >= 0.6 is 58.0 Å². The van der Waals surface area contributed by atoms with Crippen molar-refractivity contribution in [2.45, 2.75) is 36.6 Å². The fourth-order valence-corrected chi connectivity index (χ4v) is 6.07. The lowest BCUT2D eigenvalue weighted by Gasteiger charge is -2.33. The van der Waals surface area contributed by atoms with Crippen molar-refractivity contribution in [3.05, 3.63) is 86.9 Å². The second-order valence-corrected chi connectivity index (χ2v) is 13.0. The Morgan fingerprint density at radius 2 is 1.43 bits per heavy atom. The molecule has 12 heteroatoms. The molecule has 0 heterocycles. The first-order valence-corrected chi connectivity index (χ1v) is 13.9. The van der Waals surface area contributed by atoms with E-state index < -0.39 is 39.6 Å². The fraction of sp³-hybridized carbons (Fsp3) is 0.250. The van der Waals surface area contributed by atoms with Crippen LogP contribution in [0, 0.1) is 5.92 Å². The van der Waals surface area contributed by atoms with Crippen LogP contribution in [0.1, 0.15) is 42.6 Å². The van der Waals surface area contributed by atoms with Crippen molar-refractivity contribution in [1.82, 2.24) is 0 Å². The maximum Gasteiger partial charge on any atom is 0.412 e. The van der Waals surface area contributed by atoms with Crippen molar-refractivity contribution in [1.29, 1.82) is 0 Å². The van der Waals surface area contributed by atoms with Crippen LogP contribution < -0.4 is 15.5 Å². The highest BCUT2D eigenvalue weighted by Crippen LogP contribution is 2.65. The van der Waals surface area contributed by atoms with E-state index in [9.17, 15) is 19.5 Å². The lowest BCUT2D eigenvalue weighted by Crippen LogP contribution is -2.45. The number of nitrogens with zero attached hydrogens (tertiary/aromatic N) is 1. The minimum absolute atomic E-state index is 0.113. The molecule has 3 N–H and O–H groups in total. The average molecular weight is 644 g/mol. The molecule has 0 unspecified atom stereocenters. The molecular formula is C28H24Cl5N3O4. The number of carboxylic acid groups (broad SMARTS) is 1. The fourth-order valence-electron chi connectivity index (χ4n) is 4.50. The van der Waals surface area contributed by atoms with Gasteiger partial charge in [-0.1, -0.05) is 34.8 Å². The summed E-state index contributed by atoms with van der Waals surface area (Å²) >= 11 is 31.4. The van der Waals surface area contributed by atoms with Crippen LogP contribution in [0.25, 0.3) is 0 Å². The topological polar surface area (TPSA) is 98.7 Å². The van der Waals surface area contributed by atoms with Crippen molar-refractivity contribution in [3.8, 4) is 0 Å². The molecule has 0 aliphatic heterocycles. The third-order valence-corrected chi connectivity index (χ3v) is 8.01. The Morgan fingerprint density at radius 3 is 1.98 bits per heavy atom. The number of carbonyl (C=O) groups is 3. The molecule has 3 aromatic carbocycles. The number of anilines is 3. The van der Waals surface area contributed by atoms with Crippen molar-refractivity contribution in [2.24, 2.45) is 5.92 Å². The van der Waals surface area contributed by atoms with Crippen LogP contribution in [0.2, 0.25) is 15.1 Å². The molecule has 2 atom stereocenters. The molecule has 0 saturated heterocycles. The number of benzene rings is 3. The number of nitrogens with one attached hydrogen (secondary N) is 2. The predicted octanol–water partition coefficient (Wildman–Crippen LogP) is 8.71. The van der Waals surface area contributed by atoms with Gasteiger partial charge in [-0.3, -0.25) is 14.5 Å². The third-order valence-electron chi connectivity index (χ3n) is 6.30. The molecule has 4 rings (SSSR count). The molecule has 0 spiro atoms. The summed E-state index contributed by atoms with van der Waals surface area (Å²) in [6.07, 6.45) is -1.09. The third kappa shape index (κ3) is 6.45. The summed E-state index contributed by atoms with van der Waals surface area (Å²) in [5, 5.41) is 16.0. The molecule has 0 bridgehead atoms. The van der Waals surface area contributed by atoms with Gasteiger partial charge in [0.05, 0.1) is 16.5 Å². The van der Waals surface area contributed by atoms with Crippen LogP contribution in [0.5, 0.6) is 0 Å². The summed E-state index contributed by atoms with van der Waals surface area (Å²) in [5.41, 5.74) is 1.28. The van der Waals surface area contributed by atoms with Gasteiger partial charge in [0.1, 0.15) is 4.33 Å². The average Bonchev–Trinajstić information content (AvgIpc) is 3.41. The number of hydrogen-bond donors (Lipinski definition) is 3. The van der Waals surface area contributed by atoms with Crippen LogP contribution in [0.15, 0.2) is 60.7 Å². The number of alkyl halides is 2. The number of halogens is 5. The van der Waals surface area contributed by atoms with Gasteiger partial charge in [-0.15, -0.1) is 23.2 Å². The van der Waals surface area contributed by atoms with E-state index in [4.69, 9.17) is 58.0 Å². The second-order valence-electron chi connectivity index (χ2n) is 10.3. The largest absolute Gasteiger partial charge is 0.465 e. The molecule has 1 fully saturated rings. The minimum atomic E-state index is -1.36. The zero-order chi connectivity index (χ0) is 29.6. The van der Waals surface area contributed by atoms with Gasteiger partial charge in [0.2, 0.25) is 5.91 Å². The maximum atomic E-state index is 13.1. The van der Waals surface area contributed by atoms with E-state index >= 15 is 0 Å². The second kappa shape index (κ2) is 11.3. The summed E-state index contributed by atoms with van der Waals surface area (Å²) in [5.74, 6) is -2.28. The molecular weight excluding hydrogens is 620 g/mol. The van der Waals surface area contributed by atoms with E-state index in [0.717, 1.165) is 0 Å². The van der Waals surface area contributed by atoms with Gasteiger partial charge in [0.25, 0.3) is 5.91 Å². The molecule has 210 valence electrons. The maximum absolute atomic E-state index is 13.1. The van der Waals surface area contributed by atoms with E-state index in [-0.39, 0.29) is 10.6 Å². The Hall–Kier alpha value is -2.68. The first-order valence-electron chi connectivity index (χ1n) is 12.0. The minimum Gasteiger partial charge on any atom is -0.465 e. The molecule has 0 aromatic heterocycles. The molecule has 1 saturated carbocycles. The first-order chi connectivity index (χ1) is 18.6. The van der Waals surface area contributed by atoms with Crippen molar-refractivity contribution >= 4 is 93.0 Å². The van der Waals surface area contributed by atoms with Crippen molar-refractivity contribution < 1.29 is 19.5 Å². The van der Waals surface area contributed by atoms with Gasteiger partial charge in [-0.2, -0.15) is 0 Å². The monoisotopic (exact) mass is 641 g/mol. The molecule has 3 amide bonds. The van der Waals surface area contributed by atoms with E-state index in [1.807, 2.05) is 0 Å². The number of amides is 3. The number of carbonyl (C=O) groups excluding carboxylic acids is 2. The normalized spacial score (nSPS) is 17.6. The molecule has 1 aliphatic carbocycles. The quantitative estimate of drug-likeness (QED) is 0.234. The smallest absolute Gasteiger partial charge is 0.412 e. The van der Waals surface area contributed by atoms with Crippen molar-refractivity contribution in [2.75, 3.05) is 15.5 Å².